The van der Waals surface area contributed by atoms with E-state index in [-0.39, 0.29) is 5.91 Å². The second kappa shape index (κ2) is 10.5. The number of anilines is 1. The monoisotopic (exact) mass is 495 g/mol. The van der Waals surface area contributed by atoms with Crippen LogP contribution in [0.25, 0.3) is 22.5 Å². The van der Waals surface area contributed by atoms with Gasteiger partial charge in [0, 0.05) is 28.3 Å². The van der Waals surface area contributed by atoms with Crippen molar-refractivity contribution in [1.29, 1.82) is 0 Å². The van der Waals surface area contributed by atoms with E-state index in [1.165, 1.54) is 22.9 Å². The zero-order valence-corrected chi connectivity index (χ0v) is 20.6. The summed E-state index contributed by atoms with van der Waals surface area (Å²) in [5, 5.41) is 4.57. The molecule has 0 aliphatic rings. The molecule has 0 aliphatic heterocycles. The zero-order valence-electron chi connectivity index (χ0n) is 18.3. The first-order valence-corrected chi connectivity index (χ1v) is 12.2. The van der Waals surface area contributed by atoms with Gasteiger partial charge in [-0.05, 0) is 32.0 Å². The van der Waals surface area contributed by atoms with Gasteiger partial charge in [-0.3, -0.25) is 4.79 Å². The predicted octanol–water partition coefficient (Wildman–Crippen LogP) is 7.79. The van der Waals surface area contributed by atoms with Crippen molar-refractivity contribution >= 4 is 46.6 Å². The van der Waals surface area contributed by atoms with Gasteiger partial charge in [-0.2, -0.15) is 0 Å². The number of carbonyl (C=O) groups is 1. The Kier molecular flexibility index (Phi) is 7.43. The molecule has 0 fully saturated rings. The van der Waals surface area contributed by atoms with Gasteiger partial charge in [0.25, 0.3) is 0 Å². The van der Waals surface area contributed by atoms with Crippen molar-refractivity contribution in [2.75, 3.05) is 11.1 Å². The fourth-order valence-electron chi connectivity index (χ4n) is 3.32. The Balaban J connectivity index is 1.49. The van der Waals surface area contributed by atoms with Crippen molar-refractivity contribution in [3.63, 3.8) is 0 Å². The van der Waals surface area contributed by atoms with E-state index in [0.717, 1.165) is 27.7 Å². The Bertz CT molecular complexity index is 1200. The van der Waals surface area contributed by atoms with Gasteiger partial charge in [0.1, 0.15) is 0 Å². The Morgan fingerprint density at radius 2 is 1.58 bits per heavy atom. The number of halogens is 2. The molecule has 1 heterocycles. The van der Waals surface area contributed by atoms with E-state index in [1.54, 1.807) is 18.2 Å². The number of aryl methyl sites for hydroxylation is 2. The molecule has 2 N–H and O–H groups in total. The van der Waals surface area contributed by atoms with Crippen molar-refractivity contribution in [1.82, 2.24) is 9.97 Å². The molecular formula is C26H23Cl2N3OS. The van der Waals surface area contributed by atoms with Crippen molar-refractivity contribution < 1.29 is 4.79 Å². The molecule has 0 saturated heterocycles. The van der Waals surface area contributed by atoms with E-state index in [1.807, 2.05) is 0 Å². The van der Waals surface area contributed by atoms with E-state index in [2.05, 4.69) is 72.7 Å². The zero-order chi connectivity index (χ0) is 23.4. The second-order valence-electron chi connectivity index (χ2n) is 7.77. The number of rotatable bonds is 7. The number of H-pyrrole nitrogens is 1. The number of carbonyl (C=O) groups excluding carboxylic acids is 1. The lowest BCUT2D eigenvalue weighted by Gasteiger charge is -2.07. The van der Waals surface area contributed by atoms with Gasteiger partial charge < -0.3 is 10.3 Å². The minimum Gasteiger partial charge on any atom is -0.332 e. The number of imidazole rings is 1. The van der Waals surface area contributed by atoms with E-state index in [4.69, 9.17) is 28.2 Å². The third-order valence-corrected chi connectivity index (χ3v) is 6.56. The fourth-order valence-corrected chi connectivity index (χ4v) is 4.46. The van der Waals surface area contributed by atoms with Crippen LogP contribution in [0.15, 0.2) is 71.9 Å². The molecule has 1 aromatic heterocycles. The molecule has 4 nitrogen and oxygen atoms in total. The number of aromatic amines is 1. The Morgan fingerprint density at radius 1 is 0.939 bits per heavy atom. The number of nitrogens with one attached hydrogen (secondary N) is 2. The van der Waals surface area contributed by atoms with Crippen LogP contribution in [0.4, 0.5) is 5.69 Å². The maximum absolute atomic E-state index is 12.4. The molecule has 0 aliphatic carbocycles. The summed E-state index contributed by atoms with van der Waals surface area (Å²) in [6.07, 6.45) is 0.313. The number of nitrogens with zero attached hydrogens (tertiary/aromatic N) is 1. The lowest BCUT2D eigenvalue weighted by molar-refractivity contribution is -0.115. The van der Waals surface area contributed by atoms with Crippen molar-refractivity contribution in [2.45, 2.75) is 25.4 Å². The van der Waals surface area contributed by atoms with Crippen LogP contribution in [0.2, 0.25) is 10.0 Å². The molecule has 0 unspecified atom stereocenters. The van der Waals surface area contributed by atoms with E-state index in [0.29, 0.717) is 27.9 Å². The summed E-state index contributed by atoms with van der Waals surface area (Å²) in [7, 11) is 0. The van der Waals surface area contributed by atoms with E-state index < -0.39 is 0 Å². The lowest BCUT2D eigenvalue weighted by Crippen LogP contribution is -2.12. The number of hydrogen-bond donors (Lipinski definition) is 2. The van der Waals surface area contributed by atoms with Crippen molar-refractivity contribution in [3.8, 4) is 22.5 Å². The Hall–Kier alpha value is -2.73. The molecule has 4 rings (SSSR count). The maximum Gasteiger partial charge on any atom is 0.225 e. The van der Waals surface area contributed by atoms with Crippen molar-refractivity contribution in [2.24, 2.45) is 0 Å². The minimum absolute atomic E-state index is 0.129. The van der Waals surface area contributed by atoms with Crippen LogP contribution >= 0.6 is 35.0 Å². The minimum atomic E-state index is -0.129. The molecular weight excluding hydrogens is 473 g/mol. The van der Waals surface area contributed by atoms with Crippen LogP contribution < -0.4 is 5.32 Å². The second-order valence-corrected chi connectivity index (χ2v) is 9.70. The number of thioether (sulfide) groups is 1. The summed E-state index contributed by atoms with van der Waals surface area (Å²) in [5.41, 5.74) is 6.91. The molecule has 0 atom stereocenters. The summed E-state index contributed by atoms with van der Waals surface area (Å²) >= 11 is 13.6. The summed E-state index contributed by atoms with van der Waals surface area (Å²) < 4.78 is 0. The highest BCUT2D eigenvalue weighted by Crippen LogP contribution is 2.33. The van der Waals surface area contributed by atoms with Crippen LogP contribution in [0.5, 0.6) is 0 Å². The summed E-state index contributed by atoms with van der Waals surface area (Å²) in [6.45, 7) is 4.14. The van der Waals surface area contributed by atoms with Crippen LogP contribution in [0.1, 0.15) is 17.5 Å². The molecule has 4 aromatic rings. The standard InChI is InChI=1S/C26H23Cl2N3OS/c1-16-3-7-18(8-4-16)24-25(19-9-5-17(2)6-10-19)31-26(30-24)33-14-13-23(32)29-22-15-20(27)11-12-21(22)28/h3-12,15H,13-14H2,1-2H3,(H,29,32)(H,30,31). The molecule has 0 spiro atoms. The van der Waals surface area contributed by atoms with Crippen LogP contribution in [0, 0.1) is 13.8 Å². The first kappa shape index (κ1) is 23.4. The third kappa shape index (κ3) is 5.99. The van der Waals surface area contributed by atoms with Gasteiger partial charge in [0.15, 0.2) is 5.16 Å². The number of aromatic nitrogens is 2. The molecule has 168 valence electrons. The Labute approximate surface area is 207 Å². The summed E-state index contributed by atoms with van der Waals surface area (Å²) in [5.74, 6) is 0.439. The quantitative estimate of drug-likeness (QED) is 0.257. The third-order valence-electron chi connectivity index (χ3n) is 5.12. The Morgan fingerprint density at radius 3 is 2.24 bits per heavy atom. The number of benzene rings is 3. The highest BCUT2D eigenvalue weighted by Gasteiger charge is 2.15. The largest absolute Gasteiger partial charge is 0.332 e. The predicted molar refractivity (Wildman–Crippen MR) is 139 cm³/mol. The van der Waals surface area contributed by atoms with Gasteiger partial charge >= 0.3 is 0 Å². The van der Waals surface area contributed by atoms with E-state index in [9.17, 15) is 4.79 Å². The molecule has 0 radical (unpaired) electrons. The normalized spacial score (nSPS) is 10.9. The first-order valence-electron chi connectivity index (χ1n) is 10.5. The number of amides is 1. The fraction of sp³-hybridized carbons (Fsp3) is 0.154. The van der Waals surface area contributed by atoms with Gasteiger partial charge in [0.2, 0.25) is 5.91 Å². The molecule has 0 saturated carbocycles. The highest BCUT2D eigenvalue weighted by atomic mass is 35.5. The van der Waals surface area contributed by atoms with Gasteiger partial charge in [-0.1, -0.05) is 94.6 Å². The molecule has 7 heteroatoms. The molecule has 0 bridgehead atoms. The van der Waals surface area contributed by atoms with Crippen molar-refractivity contribution in [3.05, 3.63) is 87.9 Å². The van der Waals surface area contributed by atoms with Gasteiger partial charge in [0.05, 0.1) is 22.1 Å². The average Bonchev–Trinajstić information content (AvgIpc) is 3.21. The number of hydrogen-bond acceptors (Lipinski definition) is 3. The topological polar surface area (TPSA) is 57.8 Å². The molecule has 1 amide bonds. The molecule has 3 aromatic carbocycles. The van der Waals surface area contributed by atoms with E-state index >= 15 is 0 Å². The summed E-state index contributed by atoms with van der Waals surface area (Å²) in [6, 6.07) is 21.7. The smallest absolute Gasteiger partial charge is 0.225 e. The lowest BCUT2D eigenvalue weighted by atomic mass is 10.0. The van der Waals surface area contributed by atoms with Crippen LogP contribution in [-0.4, -0.2) is 21.6 Å². The first-order chi connectivity index (χ1) is 15.9. The summed E-state index contributed by atoms with van der Waals surface area (Å²) in [4.78, 5) is 20.7. The average molecular weight is 496 g/mol. The van der Waals surface area contributed by atoms with Crippen LogP contribution in [0.3, 0.4) is 0 Å². The SMILES string of the molecule is Cc1ccc(-c2nc(SCCC(=O)Nc3cc(Cl)ccc3Cl)[nH]c2-c2ccc(C)cc2)cc1. The van der Waals surface area contributed by atoms with Gasteiger partial charge in [-0.25, -0.2) is 4.98 Å². The molecule has 33 heavy (non-hydrogen) atoms. The van der Waals surface area contributed by atoms with Crippen LogP contribution in [-0.2, 0) is 4.79 Å². The maximum atomic E-state index is 12.4. The highest BCUT2D eigenvalue weighted by molar-refractivity contribution is 7.99. The van der Waals surface area contributed by atoms with Gasteiger partial charge in [-0.15, -0.1) is 0 Å².